The molecule has 26 heavy (non-hydrogen) atoms. The highest BCUT2D eigenvalue weighted by atomic mass is 16.4. The van der Waals surface area contributed by atoms with E-state index in [0.29, 0.717) is 42.1 Å². The molecule has 0 aromatic carbocycles. The van der Waals surface area contributed by atoms with Crippen LogP contribution in [-0.2, 0) is 4.79 Å². The van der Waals surface area contributed by atoms with Crippen LogP contribution in [0.15, 0.2) is 0 Å². The molecule has 6 fully saturated rings. The molecular weight excluding hydrogens is 326 g/mol. The zero-order chi connectivity index (χ0) is 18.5. The van der Waals surface area contributed by atoms with E-state index in [1.165, 1.54) is 25.7 Å². The second-order valence-corrected chi connectivity index (χ2v) is 10.8. The molecule has 6 aliphatic rings. The molecule has 3 saturated heterocycles. The van der Waals surface area contributed by atoms with Crippen molar-refractivity contribution in [2.75, 3.05) is 6.54 Å². The summed E-state index contributed by atoms with van der Waals surface area (Å²) < 4.78 is 0. The van der Waals surface area contributed by atoms with Crippen LogP contribution >= 0.6 is 0 Å². The van der Waals surface area contributed by atoms with Gasteiger partial charge in [0.15, 0.2) is 0 Å². The molecule has 9 atom stereocenters. The first-order valence-corrected chi connectivity index (χ1v) is 11.0. The molecule has 0 aromatic heterocycles. The van der Waals surface area contributed by atoms with E-state index in [1.807, 2.05) is 0 Å². The van der Waals surface area contributed by atoms with Crippen molar-refractivity contribution in [3.63, 3.8) is 0 Å². The van der Waals surface area contributed by atoms with Crippen molar-refractivity contribution in [1.29, 1.82) is 0 Å². The number of nitrogens with zero attached hydrogens (tertiary/aromatic N) is 1. The third-order valence-corrected chi connectivity index (χ3v) is 10.1. The summed E-state index contributed by atoms with van der Waals surface area (Å²) in [5, 5.41) is 21.4. The molecule has 4 heteroatoms. The van der Waals surface area contributed by atoms with E-state index in [-0.39, 0.29) is 10.8 Å². The Kier molecular flexibility index (Phi) is 3.53. The number of carboxylic acids is 1. The maximum atomic E-state index is 11.8. The van der Waals surface area contributed by atoms with Crippen LogP contribution in [0.2, 0.25) is 0 Å². The van der Waals surface area contributed by atoms with Gasteiger partial charge >= 0.3 is 5.97 Å². The number of aliphatic carboxylic acids is 1. The maximum Gasteiger partial charge on any atom is 0.303 e. The molecule has 8 bridgehead atoms. The fraction of sp³-hybridized carbons (Fsp3) is 0.955. The van der Waals surface area contributed by atoms with Gasteiger partial charge in [-0.05, 0) is 79.4 Å². The molecule has 6 rings (SSSR count). The van der Waals surface area contributed by atoms with Crippen LogP contribution in [-0.4, -0.2) is 39.4 Å². The van der Waals surface area contributed by atoms with Crippen LogP contribution in [0.25, 0.3) is 0 Å². The van der Waals surface area contributed by atoms with Crippen molar-refractivity contribution in [3.8, 4) is 0 Å². The molecule has 0 radical (unpaired) electrons. The van der Waals surface area contributed by atoms with E-state index in [1.54, 1.807) is 0 Å². The molecule has 3 saturated carbocycles. The van der Waals surface area contributed by atoms with Crippen molar-refractivity contribution < 1.29 is 15.0 Å². The summed E-state index contributed by atoms with van der Waals surface area (Å²) in [6.07, 6.45) is 8.00. The van der Waals surface area contributed by atoms with Crippen molar-refractivity contribution in [1.82, 2.24) is 4.90 Å². The quantitative estimate of drug-likeness (QED) is 0.801. The van der Waals surface area contributed by atoms with Gasteiger partial charge in [-0.25, -0.2) is 0 Å². The molecular formula is C22H35NO3. The lowest BCUT2D eigenvalue weighted by Crippen LogP contribution is -2.86. The summed E-state index contributed by atoms with van der Waals surface area (Å²) in [5.74, 6) is 2.06. The largest absolute Gasteiger partial charge is 0.481 e. The number of carbonyl (C=O) groups is 1. The Labute approximate surface area is 157 Å². The van der Waals surface area contributed by atoms with Gasteiger partial charge in [-0.15, -0.1) is 0 Å². The Hall–Kier alpha value is -0.610. The fourth-order valence-electron chi connectivity index (χ4n) is 9.15. The second kappa shape index (κ2) is 5.26. The lowest BCUT2D eigenvalue weighted by Gasteiger charge is -2.82. The molecule has 2 N–H and O–H groups in total. The standard InChI is InChI=1S/C22H35NO3/c1-13(2)15-6-9-20(3)14-11-17-16-5-4-8-22(17,26)23(12-14)19(15)21(16,20)10-7-18(24)25/h13-17,19,26H,4-12H2,1-3H3,(H,24,25)/t14-,15-,16-,17+,19+,20+,21-,22-/m1/s1. The van der Waals surface area contributed by atoms with Gasteiger partial charge in [-0.3, -0.25) is 9.69 Å². The van der Waals surface area contributed by atoms with Gasteiger partial charge in [0, 0.05) is 24.9 Å². The van der Waals surface area contributed by atoms with Crippen LogP contribution in [0, 0.1) is 40.4 Å². The van der Waals surface area contributed by atoms with E-state index >= 15 is 0 Å². The number of carboxylic acid groups (broad SMARTS) is 1. The number of hydrogen-bond acceptors (Lipinski definition) is 3. The number of piperidine rings is 3. The van der Waals surface area contributed by atoms with Crippen molar-refractivity contribution in [2.24, 2.45) is 40.4 Å². The summed E-state index contributed by atoms with van der Waals surface area (Å²) in [5.41, 5.74) is -0.255. The van der Waals surface area contributed by atoms with Gasteiger partial charge in [-0.1, -0.05) is 20.8 Å². The molecule has 3 heterocycles. The minimum absolute atomic E-state index is 0.0943. The fourth-order valence-corrected chi connectivity index (χ4v) is 9.15. The molecule has 0 spiro atoms. The monoisotopic (exact) mass is 361 g/mol. The first-order valence-electron chi connectivity index (χ1n) is 11.0. The second-order valence-electron chi connectivity index (χ2n) is 10.8. The van der Waals surface area contributed by atoms with Crippen LogP contribution in [0.5, 0.6) is 0 Å². The zero-order valence-electron chi connectivity index (χ0n) is 16.6. The van der Waals surface area contributed by atoms with Gasteiger partial charge in [0.05, 0.1) is 0 Å². The highest BCUT2D eigenvalue weighted by Gasteiger charge is 2.78. The summed E-state index contributed by atoms with van der Waals surface area (Å²) in [7, 11) is 0. The van der Waals surface area contributed by atoms with E-state index < -0.39 is 11.7 Å². The Morgan fingerprint density at radius 2 is 2.00 bits per heavy atom. The van der Waals surface area contributed by atoms with Gasteiger partial charge in [0.25, 0.3) is 0 Å². The third-order valence-electron chi connectivity index (χ3n) is 10.1. The van der Waals surface area contributed by atoms with Crippen molar-refractivity contribution in [2.45, 2.75) is 83.9 Å². The van der Waals surface area contributed by atoms with Gasteiger partial charge < -0.3 is 10.2 Å². The van der Waals surface area contributed by atoms with Crippen molar-refractivity contribution >= 4 is 5.97 Å². The average molecular weight is 362 g/mol. The normalized spacial score (nSPS) is 56.8. The van der Waals surface area contributed by atoms with E-state index in [4.69, 9.17) is 0 Å². The Balaban J connectivity index is 1.70. The minimum Gasteiger partial charge on any atom is -0.481 e. The molecule has 146 valence electrons. The van der Waals surface area contributed by atoms with Crippen LogP contribution in [0.4, 0.5) is 0 Å². The maximum absolute atomic E-state index is 11.8. The third kappa shape index (κ3) is 1.77. The van der Waals surface area contributed by atoms with Crippen LogP contribution in [0.3, 0.4) is 0 Å². The predicted molar refractivity (Wildman–Crippen MR) is 99.4 cm³/mol. The van der Waals surface area contributed by atoms with Gasteiger partial charge in [0.1, 0.15) is 5.72 Å². The minimum atomic E-state index is -0.649. The molecule has 4 nitrogen and oxygen atoms in total. The summed E-state index contributed by atoms with van der Waals surface area (Å²) >= 11 is 0. The molecule has 3 aliphatic carbocycles. The van der Waals surface area contributed by atoms with Crippen LogP contribution < -0.4 is 0 Å². The lowest BCUT2D eigenvalue weighted by molar-refractivity contribution is -0.388. The SMILES string of the molecule is CC(C)[C@H]1CC[C@@]2(C)[C@@H]3C[C@H]4[C@H]5CCC[C@]4(O)N(C3)[C@@H]1[C@@]52CCC(=O)O. The first-order chi connectivity index (χ1) is 12.3. The Bertz CT molecular complexity index is 635. The summed E-state index contributed by atoms with van der Waals surface area (Å²) in [6.45, 7) is 8.23. The lowest BCUT2D eigenvalue weighted by atomic mass is 9.31. The Morgan fingerprint density at radius 1 is 1.23 bits per heavy atom. The topological polar surface area (TPSA) is 60.8 Å². The van der Waals surface area contributed by atoms with Gasteiger partial charge in [-0.2, -0.15) is 0 Å². The van der Waals surface area contributed by atoms with E-state index in [2.05, 4.69) is 25.7 Å². The van der Waals surface area contributed by atoms with E-state index in [0.717, 1.165) is 25.8 Å². The highest BCUT2D eigenvalue weighted by molar-refractivity contribution is 5.66. The number of aliphatic hydroxyl groups is 1. The summed E-state index contributed by atoms with van der Waals surface area (Å²) in [4.78, 5) is 14.1. The number of hydrogen-bond donors (Lipinski definition) is 2. The highest BCUT2D eigenvalue weighted by Crippen LogP contribution is 2.78. The number of rotatable bonds is 4. The van der Waals surface area contributed by atoms with Gasteiger partial charge in [0.2, 0.25) is 0 Å². The smallest absolute Gasteiger partial charge is 0.303 e. The van der Waals surface area contributed by atoms with Crippen LogP contribution in [0.1, 0.15) is 72.1 Å². The molecule has 0 aromatic rings. The first kappa shape index (κ1) is 17.5. The molecule has 3 aliphatic heterocycles. The zero-order valence-corrected chi connectivity index (χ0v) is 16.6. The average Bonchev–Trinajstić information content (AvgIpc) is 2.56. The van der Waals surface area contributed by atoms with E-state index in [9.17, 15) is 15.0 Å². The Morgan fingerprint density at radius 3 is 2.69 bits per heavy atom. The summed E-state index contributed by atoms with van der Waals surface area (Å²) in [6, 6.07) is 0.378. The van der Waals surface area contributed by atoms with Crippen molar-refractivity contribution in [3.05, 3.63) is 0 Å². The molecule has 1 unspecified atom stereocenters. The predicted octanol–water partition coefficient (Wildman–Crippen LogP) is 3.73. The molecule has 0 amide bonds.